The molecule has 1 aliphatic heterocycles. The first-order valence-corrected chi connectivity index (χ1v) is 9.13. The summed E-state index contributed by atoms with van der Waals surface area (Å²) in [5.74, 6) is -1.21. The predicted molar refractivity (Wildman–Crippen MR) is 103 cm³/mol. The first-order valence-electron chi connectivity index (χ1n) is 9.13. The van der Waals surface area contributed by atoms with E-state index in [0.717, 1.165) is 5.56 Å². The lowest BCUT2D eigenvalue weighted by Gasteiger charge is -2.29. The maximum absolute atomic E-state index is 12.1. The minimum atomic E-state index is -1.28. The van der Waals surface area contributed by atoms with Crippen LogP contribution in [0, 0.1) is 0 Å². The lowest BCUT2D eigenvalue weighted by molar-refractivity contribution is -0.126. The highest BCUT2D eigenvalue weighted by molar-refractivity contribution is 6.47. The number of carbonyl (C=O) groups excluding carboxylic acids is 2. The molecule has 1 atom stereocenters. The maximum Gasteiger partial charge on any atom is 0.547 e. The van der Waals surface area contributed by atoms with Gasteiger partial charge in [0.15, 0.2) is 0 Å². The van der Waals surface area contributed by atoms with Gasteiger partial charge in [-0.05, 0) is 30.5 Å². The highest BCUT2D eigenvalue weighted by Crippen LogP contribution is 2.30. The smallest absolute Gasteiger partial charge is 0.534 e. The molecule has 0 aromatic heterocycles. The van der Waals surface area contributed by atoms with E-state index in [1.165, 1.54) is 0 Å². The summed E-state index contributed by atoms with van der Waals surface area (Å²) >= 11 is 0. The van der Waals surface area contributed by atoms with Crippen molar-refractivity contribution in [1.82, 2.24) is 5.32 Å². The van der Waals surface area contributed by atoms with Crippen LogP contribution >= 0.6 is 0 Å². The van der Waals surface area contributed by atoms with Crippen molar-refractivity contribution in [3.8, 4) is 5.75 Å². The molecule has 0 spiro atoms. The SMILES string of the molecule is CCOC(=O)c1cccc2c1OB(O)[C@@H](NC(=O)COCc1ccccc1)C2. The number of rotatable bonds is 7. The minimum Gasteiger partial charge on any atom is -0.534 e. The zero-order valence-electron chi connectivity index (χ0n) is 15.6. The van der Waals surface area contributed by atoms with E-state index in [4.69, 9.17) is 14.1 Å². The molecule has 8 heteroatoms. The summed E-state index contributed by atoms with van der Waals surface area (Å²) in [5, 5.41) is 13.0. The third-order valence-electron chi connectivity index (χ3n) is 4.31. The molecule has 0 saturated carbocycles. The van der Waals surface area contributed by atoms with Crippen molar-refractivity contribution in [2.45, 2.75) is 25.9 Å². The maximum atomic E-state index is 12.1. The molecule has 1 amide bonds. The summed E-state index contributed by atoms with van der Waals surface area (Å²) in [6.45, 7) is 2.15. The van der Waals surface area contributed by atoms with Gasteiger partial charge in [0.05, 0.1) is 19.2 Å². The van der Waals surface area contributed by atoms with Gasteiger partial charge in [0.1, 0.15) is 17.9 Å². The van der Waals surface area contributed by atoms with Crippen LogP contribution < -0.4 is 9.97 Å². The fourth-order valence-electron chi connectivity index (χ4n) is 3.00. The zero-order chi connectivity index (χ0) is 19.9. The van der Waals surface area contributed by atoms with Crippen LogP contribution in [0.1, 0.15) is 28.4 Å². The van der Waals surface area contributed by atoms with Gasteiger partial charge in [-0.15, -0.1) is 0 Å². The molecule has 1 aliphatic rings. The largest absolute Gasteiger partial charge is 0.547 e. The molecule has 2 aromatic carbocycles. The van der Waals surface area contributed by atoms with E-state index >= 15 is 0 Å². The van der Waals surface area contributed by atoms with Gasteiger partial charge < -0.3 is 24.5 Å². The third-order valence-corrected chi connectivity index (χ3v) is 4.31. The number of ether oxygens (including phenoxy) is 2. The summed E-state index contributed by atoms with van der Waals surface area (Å²) in [5.41, 5.74) is 1.94. The van der Waals surface area contributed by atoms with Gasteiger partial charge in [-0.2, -0.15) is 0 Å². The Morgan fingerprint density at radius 2 is 2.00 bits per heavy atom. The average molecular weight is 383 g/mol. The van der Waals surface area contributed by atoms with Crippen LogP contribution in [0.5, 0.6) is 5.75 Å². The minimum absolute atomic E-state index is 0.131. The van der Waals surface area contributed by atoms with Crippen molar-refractivity contribution in [2.24, 2.45) is 0 Å². The fourth-order valence-corrected chi connectivity index (χ4v) is 3.00. The molecule has 1 heterocycles. The van der Waals surface area contributed by atoms with Crippen molar-refractivity contribution in [3.63, 3.8) is 0 Å². The van der Waals surface area contributed by atoms with Crippen LogP contribution in [0.4, 0.5) is 0 Å². The second kappa shape index (κ2) is 9.39. The quantitative estimate of drug-likeness (QED) is 0.556. The van der Waals surface area contributed by atoms with E-state index in [2.05, 4.69) is 5.32 Å². The number of fused-ring (bicyclic) bond motifs is 1. The van der Waals surface area contributed by atoms with Crippen molar-refractivity contribution in [3.05, 3.63) is 65.2 Å². The number of carbonyl (C=O) groups is 2. The van der Waals surface area contributed by atoms with Gasteiger partial charge >= 0.3 is 13.1 Å². The lowest BCUT2D eigenvalue weighted by Crippen LogP contribution is -2.53. The van der Waals surface area contributed by atoms with E-state index in [-0.39, 0.29) is 24.7 Å². The number of hydrogen-bond donors (Lipinski definition) is 2. The topological polar surface area (TPSA) is 94.1 Å². The molecule has 3 rings (SSSR count). The van der Waals surface area contributed by atoms with Crippen molar-refractivity contribution < 1.29 is 28.7 Å². The Bertz CT molecular complexity index is 829. The molecule has 0 unspecified atom stereocenters. The van der Waals surface area contributed by atoms with Crippen molar-refractivity contribution in [1.29, 1.82) is 0 Å². The Morgan fingerprint density at radius 3 is 2.75 bits per heavy atom. The molecule has 0 aliphatic carbocycles. The number of para-hydroxylation sites is 1. The first kappa shape index (κ1) is 19.9. The summed E-state index contributed by atoms with van der Waals surface area (Å²) in [6, 6.07) is 14.6. The van der Waals surface area contributed by atoms with E-state index < -0.39 is 19.0 Å². The molecular weight excluding hydrogens is 361 g/mol. The Hall–Kier alpha value is -2.84. The number of amides is 1. The number of esters is 1. The second-order valence-corrected chi connectivity index (χ2v) is 6.38. The molecule has 0 saturated heterocycles. The van der Waals surface area contributed by atoms with Gasteiger partial charge in [-0.3, -0.25) is 4.79 Å². The fraction of sp³-hybridized carbons (Fsp3) is 0.300. The van der Waals surface area contributed by atoms with Crippen LogP contribution in [-0.4, -0.2) is 43.2 Å². The van der Waals surface area contributed by atoms with Crippen LogP contribution in [0.25, 0.3) is 0 Å². The van der Waals surface area contributed by atoms with Gasteiger partial charge in [-0.1, -0.05) is 42.5 Å². The monoisotopic (exact) mass is 383 g/mol. The highest BCUT2D eigenvalue weighted by atomic mass is 16.5. The molecule has 2 aromatic rings. The highest BCUT2D eigenvalue weighted by Gasteiger charge is 2.37. The molecular formula is C20H22BNO6. The molecule has 0 bridgehead atoms. The average Bonchev–Trinajstić information content (AvgIpc) is 2.69. The van der Waals surface area contributed by atoms with Gasteiger partial charge in [0.25, 0.3) is 0 Å². The molecule has 0 radical (unpaired) electrons. The number of hydrogen-bond acceptors (Lipinski definition) is 6. The normalized spacial score (nSPS) is 15.4. The van der Waals surface area contributed by atoms with E-state index in [1.807, 2.05) is 30.3 Å². The number of benzene rings is 2. The Labute approximate surface area is 163 Å². The van der Waals surface area contributed by atoms with Crippen molar-refractivity contribution in [2.75, 3.05) is 13.2 Å². The van der Waals surface area contributed by atoms with Crippen LogP contribution in [0.15, 0.2) is 48.5 Å². The zero-order valence-corrected chi connectivity index (χ0v) is 15.6. The molecule has 2 N–H and O–H groups in total. The Kier molecular flexibility index (Phi) is 6.68. The Morgan fingerprint density at radius 1 is 1.21 bits per heavy atom. The molecule has 28 heavy (non-hydrogen) atoms. The van der Waals surface area contributed by atoms with E-state index in [1.54, 1.807) is 25.1 Å². The number of nitrogens with one attached hydrogen (secondary N) is 1. The Balaban J connectivity index is 1.57. The van der Waals surface area contributed by atoms with E-state index in [0.29, 0.717) is 24.3 Å². The van der Waals surface area contributed by atoms with E-state index in [9.17, 15) is 14.6 Å². The summed E-state index contributed by atoms with van der Waals surface area (Å²) in [4.78, 5) is 24.2. The van der Waals surface area contributed by atoms with Gasteiger partial charge in [0.2, 0.25) is 5.91 Å². The van der Waals surface area contributed by atoms with Gasteiger partial charge in [-0.25, -0.2) is 4.79 Å². The first-order chi connectivity index (χ1) is 13.6. The van der Waals surface area contributed by atoms with Gasteiger partial charge in [0, 0.05) is 0 Å². The molecule has 0 fully saturated rings. The lowest BCUT2D eigenvalue weighted by atomic mass is 9.72. The van der Waals surface area contributed by atoms with Crippen LogP contribution in [0.3, 0.4) is 0 Å². The predicted octanol–water partition coefficient (Wildman–Crippen LogP) is 1.52. The summed E-state index contributed by atoms with van der Waals surface area (Å²) in [7, 11) is -1.28. The van der Waals surface area contributed by atoms with Crippen LogP contribution in [-0.2, 0) is 27.3 Å². The third kappa shape index (κ3) is 4.91. The second-order valence-electron chi connectivity index (χ2n) is 6.38. The standard InChI is InChI=1S/C20H22BNO6/c1-2-27-20(24)16-10-6-9-15-11-17(21(25)28-19(15)16)22-18(23)13-26-12-14-7-4-3-5-8-14/h3-10,17,25H,2,11-13H2,1H3,(H,22,23)/t17-/m0/s1. The molecule has 7 nitrogen and oxygen atoms in total. The van der Waals surface area contributed by atoms with Crippen LogP contribution in [0.2, 0.25) is 0 Å². The van der Waals surface area contributed by atoms with Crippen molar-refractivity contribution >= 4 is 19.0 Å². The summed E-state index contributed by atoms with van der Waals surface area (Å²) in [6.07, 6.45) is 0.328. The summed E-state index contributed by atoms with van der Waals surface area (Å²) < 4.78 is 15.9. The molecule has 146 valence electrons.